The highest BCUT2D eigenvalue weighted by molar-refractivity contribution is 5.94. The van der Waals surface area contributed by atoms with Gasteiger partial charge in [-0.3, -0.25) is 4.79 Å². The summed E-state index contributed by atoms with van der Waals surface area (Å²) in [5.41, 5.74) is 3.65. The van der Waals surface area contributed by atoms with E-state index in [0.717, 1.165) is 24.0 Å². The molecule has 1 saturated carbocycles. The lowest BCUT2D eigenvalue weighted by Gasteiger charge is -2.05. The number of rotatable bonds is 6. The van der Waals surface area contributed by atoms with E-state index in [1.54, 1.807) is 12.4 Å². The lowest BCUT2D eigenvalue weighted by Crippen LogP contribution is -2.27. The van der Waals surface area contributed by atoms with Crippen molar-refractivity contribution >= 4 is 11.9 Å². The van der Waals surface area contributed by atoms with Gasteiger partial charge in [-0.15, -0.1) is 0 Å². The summed E-state index contributed by atoms with van der Waals surface area (Å²) < 4.78 is 1.84. The third kappa shape index (κ3) is 3.74. The Morgan fingerprint density at radius 3 is 2.58 bits per heavy atom. The number of hydrogen-bond donors (Lipinski definition) is 2. The second kappa shape index (κ2) is 7.00. The third-order valence-electron chi connectivity index (χ3n) is 4.43. The van der Waals surface area contributed by atoms with Gasteiger partial charge in [0.25, 0.3) is 5.91 Å². The van der Waals surface area contributed by atoms with Crippen LogP contribution >= 0.6 is 0 Å². The van der Waals surface area contributed by atoms with Gasteiger partial charge < -0.3 is 15.2 Å². The van der Waals surface area contributed by atoms with Gasteiger partial charge in [-0.25, -0.2) is 9.97 Å². The molecule has 2 N–H and O–H groups in total. The van der Waals surface area contributed by atoms with Crippen molar-refractivity contribution in [3.8, 4) is 11.1 Å². The number of anilines is 1. The van der Waals surface area contributed by atoms with Gasteiger partial charge in [0.2, 0.25) is 5.95 Å². The second-order valence-electron chi connectivity index (χ2n) is 6.61. The SMILES string of the molecule is Cn1cc(-c2cnc(NCc3ccccc3)nc2)cc1C(=O)NC1CC1. The number of carbonyl (C=O) groups excluding carboxylic acids is 1. The molecule has 2 heterocycles. The van der Waals surface area contributed by atoms with Crippen LogP contribution in [0, 0.1) is 0 Å². The molecule has 6 heteroatoms. The van der Waals surface area contributed by atoms with Crippen LogP contribution < -0.4 is 10.6 Å². The van der Waals surface area contributed by atoms with Gasteiger partial charge in [-0.1, -0.05) is 30.3 Å². The molecule has 132 valence electrons. The Balaban J connectivity index is 1.44. The molecule has 0 aliphatic heterocycles. The molecule has 3 aromatic rings. The molecule has 1 aliphatic rings. The first-order valence-electron chi connectivity index (χ1n) is 8.76. The fraction of sp³-hybridized carbons (Fsp3) is 0.250. The van der Waals surface area contributed by atoms with Crippen LogP contribution in [0.25, 0.3) is 11.1 Å². The maximum atomic E-state index is 12.3. The highest BCUT2D eigenvalue weighted by atomic mass is 16.2. The number of carbonyl (C=O) groups is 1. The fourth-order valence-electron chi connectivity index (χ4n) is 2.78. The monoisotopic (exact) mass is 347 g/mol. The van der Waals surface area contributed by atoms with Crippen molar-refractivity contribution in [1.29, 1.82) is 0 Å². The summed E-state index contributed by atoms with van der Waals surface area (Å²) in [6, 6.07) is 12.3. The molecule has 2 aromatic heterocycles. The van der Waals surface area contributed by atoms with Crippen LogP contribution in [0.1, 0.15) is 28.9 Å². The van der Waals surface area contributed by atoms with Crippen molar-refractivity contribution in [2.45, 2.75) is 25.4 Å². The minimum absolute atomic E-state index is 0.0247. The third-order valence-corrected chi connectivity index (χ3v) is 4.43. The van der Waals surface area contributed by atoms with Crippen molar-refractivity contribution in [2.24, 2.45) is 7.05 Å². The average Bonchev–Trinajstić information content (AvgIpc) is 3.40. The first kappa shape index (κ1) is 16.3. The van der Waals surface area contributed by atoms with Crippen LogP contribution in [0.3, 0.4) is 0 Å². The first-order valence-corrected chi connectivity index (χ1v) is 8.76. The van der Waals surface area contributed by atoms with Crippen molar-refractivity contribution in [3.63, 3.8) is 0 Å². The molecule has 0 bridgehead atoms. The van der Waals surface area contributed by atoms with E-state index in [-0.39, 0.29) is 5.91 Å². The second-order valence-corrected chi connectivity index (χ2v) is 6.61. The van der Waals surface area contributed by atoms with Gasteiger partial charge in [0.15, 0.2) is 0 Å². The summed E-state index contributed by atoms with van der Waals surface area (Å²) in [5.74, 6) is 0.559. The van der Waals surface area contributed by atoms with E-state index < -0.39 is 0 Å². The Labute approximate surface area is 152 Å². The van der Waals surface area contributed by atoms with Crippen LogP contribution in [0.2, 0.25) is 0 Å². The molecule has 1 aromatic carbocycles. The Hall–Kier alpha value is -3.15. The molecule has 6 nitrogen and oxygen atoms in total. The Morgan fingerprint density at radius 1 is 1.15 bits per heavy atom. The number of aromatic nitrogens is 3. The molecule has 0 spiro atoms. The molecule has 26 heavy (non-hydrogen) atoms. The quantitative estimate of drug-likeness (QED) is 0.719. The Kier molecular flexibility index (Phi) is 4.39. The lowest BCUT2D eigenvalue weighted by molar-refractivity contribution is 0.0943. The van der Waals surface area contributed by atoms with Crippen LogP contribution in [-0.2, 0) is 13.6 Å². The minimum Gasteiger partial charge on any atom is -0.350 e. The molecule has 0 unspecified atom stereocenters. The minimum atomic E-state index is -0.0247. The van der Waals surface area contributed by atoms with Crippen molar-refractivity contribution in [3.05, 3.63) is 66.2 Å². The summed E-state index contributed by atoms with van der Waals surface area (Å²) in [5, 5.41) is 6.23. The normalized spacial score (nSPS) is 13.4. The topological polar surface area (TPSA) is 71.8 Å². The zero-order chi connectivity index (χ0) is 17.9. The van der Waals surface area contributed by atoms with Crippen LogP contribution in [0.15, 0.2) is 55.0 Å². The van der Waals surface area contributed by atoms with Gasteiger partial charge >= 0.3 is 0 Å². The van der Waals surface area contributed by atoms with E-state index in [1.807, 2.05) is 42.1 Å². The number of nitrogens with zero attached hydrogens (tertiary/aromatic N) is 3. The number of hydrogen-bond acceptors (Lipinski definition) is 4. The molecule has 1 aliphatic carbocycles. The Bertz CT molecular complexity index is 898. The predicted molar refractivity (Wildman–Crippen MR) is 101 cm³/mol. The van der Waals surface area contributed by atoms with E-state index >= 15 is 0 Å². The molecule has 4 rings (SSSR count). The highest BCUT2D eigenvalue weighted by Crippen LogP contribution is 2.23. The van der Waals surface area contributed by atoms with Crippen LogP contribution in [0.4, 0.5) is 5.95 Å². The molecular weight excluding hydrogens is 326 g/mol. The van der Waals surface area contributed by atoms with E-state index in [0.29, 0.717) is 24.2 Å². The molecule has 1 amide bonds. The predicted octanol–water partition coefficient (Wildman–Crippen LogP) is 2.99. The summed E-state index contributed by atoms with van der Waals surface area (Å²) in [6.45, 7) is 0.678. The number of aryl methyl sites for hydroxylation is 1. The largest absolute Gasteiger partial charge is 0.350 e. The van der Waals surface area contributed by atoms with Gasteiger partial charge in [0, 0.05) is 49.4 Å². The van der Waals surface area contributed by atoms with E-state index in [1.165, 1.54) is 5.56 Å². The highest BCUT2D eigenvalue weighted by Gasteiger charge is 2.25. The van der Waals surface area contributed by atoms with E-state index in [4.69, 9.17) is 0 Å². The fourth-order valence-corrected chi connectivity index (χ4v) is 2.78. The molecular formula is C20H21N5O. The number of benzene rings is 1. The zero-order valence-electron chi connectivity index (χ0n) is 14.6. The first-order chi connectivity index (χ1) is 12.7. The zero-order valence-corrected chi connectivity index (χ0v) is 14.6. The maximum Gasteiger partial charge on any atom is 0.268 e. The van der Waals surface area contributed by atoms with Crippen LogP contribution in [-0.4, -0.2) is 26.5 Å². The van der Waals surface area contributed by atoms with E-state index in [9.17, 15) is 4.79 Å². The Morgan fingerprint density at radius 2 is 1.88 bits per heavy atom. The average molecular weight is 347 g/mol. The van der Waals surface area contributed by atoms with Gasteiger partial charge in [-0.05, 0) is 24.5 Å². The summed E-state index contributed by atoms with van der Waals surface area (Å²) in [7, 11) is 1.88. The summed E-state index contributed by atoms with van der Waals surface area (Å²) in [6.07, 6.45) is 7.64. The van der Waals surface area contributed by atoms with E-state index in [2.05, 4.69) is 32.7 Å². The molecule has 0 atom stereocenters. The number of amides is 1. The smallest absolute Gasteiger partial charge is 0.268 e. The summed E-state index contributed by atoms with van der Waals surface area (Å²) in [4.78, 5) is 21.0. The summed E-state index contributed by atoms with van der Waals surface area (Å²) >= 11 is 0. The van der Waals surface area contributed by atoms with Gasteiger partial charge in [0.1, 0.15) is 5.69 Å². The molecule has 0 saturated heterocycles. The van der Waals surface area contributed by atoms with Gasteiger partial charge in [-0.2, -0.15) is 0 Å². The maximum absolute atomic E-state index is 12.3. The van der Waals surface area contributed by atoms with Crippen LogP contribution in [0.5, 0.6) is 0 Å². The van der Waals surface area contributed by atoms with Crippen molar-refractivity contribution < 1.29 is 4.79 Å². The number of nitrogens with one attached hydrogen (secondary N) is 2. The standard InChI is InChI=1S/C20H21N5O/c1-25-13-15(9-18(25)19(26)24-17-7-8-17)16-11-22-20(23-12-16)21-10-14-5-3-2-4-6-14/h2-6,9,11-13,17H,7-8,10H2,1H3,(H,24,26)(H,21,22,23). The molecule has 0 radical (unpaired) electrons. The van der Waals surface area contributed by atoms with Gasteiger partial charge in [0.05, 0.1) is 0 Å². The molecule has 1 fully saturated rings. The van der Waals surface area contributed by atoms with Crippen molar-refractivity contribution in [2.75, 3.05) is 5.32 Å². The lowest BCUT2D eigenvalue weighted by atomic mass is 10.2. The van der Waals surface area contributed by atoms with Crippen molar-refractivity contribution in [1.82, 2.24) is 19.9 Å².